The van der Waals surface area contributed by atoms with E-state index in [2.05, 4.69) is 0 Å². The second-order valence-electron chi connectivity index (χ2n) is 3.87. The van der Waals surface area contributed by atoms with Gasteiger partial charge in [-0.15, -0.1) is 0 Å². The Morgan fingerprint density at radius 3 is 2.63 bits per heavy atom. The number of benzene rings is 2. The zero-order valence-corrected chi connectivity index (χ0v) is 9.86. The SMILES string of the molecule is N#Cc1c(F)cccc1OCc1ccc(N)c(F)c1. The van der Waals surface area contributed by atoms with Crippen LogP contribution in [0.25, 0.3) is 0 Å². The molecule has 2 aromatic rings. The van der Waals surface area contributed by atoms with Gasteiger partial charge in [0.2, 0.25) is 0 Å². The number of anilines is 1. The van der Waals surface area contributed by atoms with Gasteiger partial charge in [-0.05, 0) is 29.8 Å². The van der Waals surface area contributed by atoms with Gasteiger partial charge >= 0.3 is 0 Å². The molecule has 0 radical (unpaired) electrons. The lowest BCUT2D eigenvalue weighted by Gasteiger charge is -2.08. The number of nitrogens with two attached hydrogens (primary N) is 1. The number of halogens is 2. The standard InChI is InChI=1S/C14H10F2N2O/c15-11-2-1-3-14(10(11)7-17)19-8-9-4-5-13(18)12(16)6-9/h1-6H,8,18H2. The first kappa shape index (κ1) is 12.8. The number of nitrogen functional groups attached to an aromatic ring is 1. The molecule has 0 aliphatic carbocycles. The first-order chi connectivity index (χ1) is 9.11. The van der Waals surface area contributed by atoms with Gasteiger partial charge in [-0.2, -0.15) is 5.26 Å². The first-order valence-electron chi connectivity index (χ1n) is 5.47. The zero-order valence-electron chi connectivity index (χ0n) is 9.86. The summed E-state index contributed by atoms with van der Waals surface area (Å²) in [4.78, 5) is 0. The van der Waals surface area contributed by atoms with Crippen molar-refractivity contribution in [1.29, 1.82) is 5.26 Å². The van der Waals surface area contributed by atoms with Crippen LogP contribution >= 0.6 is 0 Å². The molecule has 0 aromatic heterocycles. The third-order valence-electron chi connectivity index (χ3n) is 2.55. The second-order valence-corrected chi connectivity index (χ2v) is 3.87. The zero-order chi connectivity index (χ0) is 13.8. The fraction of sp³-hybridized carbons (Fsp3) is 0.0714. The van der Waals surface area contributed by atoms with E-state index in [0.29, 0.717) is 5.56 Å². The average Bonchev–Trinajstić information content (AvgIpc) is 2.40. The molecule has 0 aliphatic rings. The lowest BCUT2D eigenvalue weighted by molar-refractivity contribution is 0.303. The Morgan fingerprint density at radius 1 is 1.16 bits per heavy atom. The van der Waals surface area contributed by atoms with Gasteiger partial charge in [0.05, 0.1) is 5.69 Å². The molecule has 0 spiro atoms. The predicted molar refractivity (Wildman–Crippen MR) is 66.3 cm³/mol. The minimum atomic E-state index is -0.650. The van der Waals surface area contributed by atoms with E-state index in [1.165, 1.54) is 30.3 Å². The van der Waals surface area contributed by atoms with Crippen LogP contribution in [0, 0.1) is 23.0 Å². The van der Waals surface area contributed by atoms with Crippen LogP contribution < -0.4 is 10.5 Å². The van der Waals surface area contributed by atoms with E-state index in [4.69, 9.17) is 15.7 Å². The van der Waals surface area contributed by atoms with Gasteiger partial charge in [-0.3, -0.25) is 0 Å². The maximum atomic E-state index is 13.3. The molecular weight excluding hydrogens is 250 g/mol. The Bertz CT molecular complexity index is 650. The van der Waals surface area contributed by atoms with Gasteiger partial charge in [-0.25, -0.2) is 8.78 Å². The second kappa shape index (κ2) is 5.36. The van der Waals surface area contributed by atoms with Gasteiger partial charge in [-0.1, -0.05) is 12.1 Å². The van der Waals surface area contributed by atoms with Gasteiger partial charge in [0.15, 0.2) is 0 Å². The van der Waals surface area contributed by atoms with Gasteiger partial charge in [0.1, 0.15) is 35.6 Å². The van der Waals surface area contributed by atoms with Crippen LogP contribution in [0.4, 0.5) is 14.5 Å². The van der Waals surface area contributed by atoms with Crippen molar-refractivity contribution in [3.05, 3.63) is 59.2 Å². The highest BCUT2D eigenvalue weighted by Crippen LogP contribution is 2.22. The monoisotopic (exact) mass is 260 g/mol. The van der Waals surface area contributed by atoms with E-state index in [1.54, 1.807) is 12.1 Å². The summed E-state index contributed by atoms with van der Waals surface area (Å²) in [6.45, 7) is 0.0231. The molecule has 3 nitrogen and oxygen atoms in total. The van der Waals surface area contributed by atoms with Crippen LogP contribution in [0.15, 0.2) is 36.4 Å². The summed E-state index contributed by atoms with van der Waals surface area (Å²) in [7, 11) is 0. The molecule has 0 atom stereocenters. The summed E-state index contributed by atoms with van der Waals surface area (Å²) >= 11 is 0. The van der Waals surface area contributed by atoms with Crippen LogP contribution in [-0.4, -0.2) is 0 Å². The van der Waals surface area contributed by atoms with Crippen molar-refractivity contribution in [3.8, 4) is 11.8 Å². The molecule has 0 heterocycles. The molecule has 2 N–H and O–H groups in total. The number of hydrogen-bond acceptors (Lipinski definition) is 3. The molecule has 2 aromatic carbocycles. The Labute approximate surface area is 108 Å². The Kier molecular flexibility index (Phi) is 3.62. The van der Waals surface area contributed by atoms with Crippen molar-refractivity contribution in [2.24, 2.45) is 0 Å². The molecule has 0 amide bonds. The number of hydrogen-bond donors (Lipinski definition) is 1. The molecule has 0 aliphatic heterocycles. The largest absolute Gasteiger partial charge is 0.487 e. The fourth-order valence-corrected chi connectivity index (χ4v) is 1.55. The van der Waals surface area contributed by atoms with Crippen LogP contribution in [0.2, 0.25) is 0 Å². The smallest absolute Gasteiger partial charge is 0.146 e. The van der Waals surface area contributed by atoms with Crippen LogP contribution in [0.3, 0.4) is 0 Å². The van der Waals surface area contributed by atoms with E-state index in [9.17, 15) is 8.78 Å². The van der Waals surface area contributed by atoms with Crippen LogP contribution in [-0.2, 0) is 6.61 Å². The summed E-state index contributed by atoms with van der Waals surface area (Å²) in [5.41, 5.74) is 5.77. The van der Waals surface area contributed by atoms with Crippen molar-refractivity contribution in [1.82, 2.24) is 0 Å². The summed E-state index contributed by atoms with van der Waals surface area (Å²) < 4.78 is 31.9. The Balaban J connectivity index is 2.17. The summed E-state index contributed by atoms with van der Waals surface area (Å²) in [5.74, 6) is -1.07. The number of nitriles is 1. The topological polar surface area (TPSA) is 59.0 Å². The third-order valence-corrected chi connectivity index (χ3v) is 2.55. The third kappa shape index (κ3) is 2.80. The number of ether oxygens (including phenoxy) is 1. The summed E-state index contributed by atoms with van der Waals surface area (Å²) in [5, 5.41) is 8.83. The molecule has 0 saturated heterocycles. The maximum absolute atomic E-state index is 13.3. The predicted octanol–water partition coefficient (Wildman–Crippen LogP) is 3.00. The average molecular weight is 260 g/mol. The highest BCUT2D eigenvalue weighted by molar-refractivity contribution is 5.44. The van der Waals surface area contributed by atoms with E-state index < -0.39 is 11.6 Å². The van der Waals surface area contributed by atoms with E-state index in [1.807, 2.05) is 0 Å². The number of nitrogens with zero attached hydrogens (tertiary/aromatic N) is 1. The minimum absolute atomic E-state index is 0.0231. The highest BCUT2D eigenvalue weighted by Gasteiger charge is 2.09. The van der Waals surface area contributed by atoms with Crippen LogP contribution in [0.5, 0.6) is 5.75 Å². The minimum Gasteiger partial charge on any atom is -0.487 e. The van der Waals surface area contributed by atoms with Gasteiger partial charge in [0, 0.05) is 0 Å². The first-order valence-corrected chi connectivity index (χ1v) is 5.47. The highest BCUT2D eigenvalue weighted by atomic mass is 19.1. The quantitative estimate of drug-likeness (QED) is 0.863. The molecule has 0 fully saturated rings. The molecule has 19 heavy (non-hydrogen) atoms. The van der Waals surface area contributed by atoms with Crippen molar-refractivity contribution < 1.29 is 13.5 Å². The fourth-order valence-electron chi connectivity index (χ4n) is 1.55. The van der Waals surface area contributed by atoms with Crippen molar-refractivity contribution in [3.63, 3.8) is 0 Å². The van der Waals surface area contributed by atoms with Gasteiger partial charge in [0.25, 0.3) is 0 Å². The lowest BCUT2D eigenvalue weighted by atomic mass is 10.2. The molecule has 2 rings (SSSR count). The molecule has 0 bridgehead atoms. The van der Waals surface area contributed by atoms with E-state index >= 15 is 0 Å². The summed E-state index contributed by atoms with van der Waals surface area (Å²) in [6.07, 6.45) is 0. The molecule has 5 heteroatoms. The van der Waals surface area contributed by atoms with Crippen LogP contribution in [0.1, 0.15) is 11.1 Å². The number of rotatable bonds is 3. The van der Waals surface area contributed by atoms with Crippen molar-refractivity contribution >= 4 is 5.69 Å². The summed E-state index contributed by atoms with van der Waals surface area (Å²) in [6, 6.07) is 10.1. The van der Waals surface area contributed by atoms with Crippen molar-refractivity contribution in [2.45, 2.75) is 6.61 Å². The molecule has 96 valence electrons. The lowest BCUT2D eigenvalue weighted by Crippen LogP contribution is -2.00. The normalized spacial score (nSPS) is 9.95. The Morgan fingerprint density at radius 2 is 1.95 bits per heavy atom. The molecular formula is C14H10F2N2O. The molecule has 0 saturated carbocycles. The van der Waals surface area contributed by atoms with Crippen molar-refractivity contribution in [2.75, 3.05) is 5.73 Å². The Hall–Kier alpha value is -2.61. The molecule has 0 unspecified atom stereocenters. The van der Waals surface area contributed by atoms with Gasteiger partial charge < -0.3 is 10.5 Å². The van der Waals surface area contributed by atoms with E-state index in [-0.39, 0.29) is 23.6 Å². The maximum Gasteiger partial charge on any atom is 0.146 e. The van der Waals surface area contributed by atoms with E-state index in [0.717, 1.165) is 0 Å².